The lowest BCUT2D eigenvalue weighted by molar-refractivity contribution is 0.413. The van der Waals surface area contributed by atoms with E-state index >= 15 is 0 Å². The molecule has 0 fully saturated rings. The molecule has 96 valence electrons. The number of benzene rings is 1. The van der Waals surface area contributed by atoms with Crippen LogP contribution in [0.5, 0.6) is 5.75 Å². The summed E-state index contributed by atoms with van der Waals surface area (Å²) in [5.41, 5.74) is 1.36. The zero-order valence-corrected chi connectivity index (χ0v) is 12.7. The van der Waals surface area contributed by atoms with E-state index in [9.17, 15) is 0 Å². The number of hydrogen-bond acceptors (Lipinski definition) is 1. The van der Waals surface area contributed by atoms with Crippen LogP contribution < -0.4 is 4.74 Å². The van der Waals surface area contributed by atoms with E-state index in [1.807, 2.05) is 12.1 Å². The van der Waals surface area contributed by atoms with E-state index in [4.69, 9.17) is 4.74 Å². The Bertz CT molecular complexity index is 301. The van der Waals surface area contributed by atoms with Crippen LogP contribution in [0, 0.1) is 5.92 Å². The number of halogens is 1. The number of ether oxygens (including phenoxy) is 1. The highest BCUT2D eigenvalue weighted by Gasteiger charge is 2.18. The van der Waals surface area contributed by atoms with Crippen molar-refractivity contribution in [3.8, 4) is 5.75 Å². The van der Waals surface area contributed by atoms with Crippen molar-refractivity contribution >= 4 is 15.9 Å². The van der Waals surface area contributed by atoms with Gasteiger partial charge in [-0.3, -0.25) is 0 Å². The quantitative estimate of drug-likeness (QED) is 0.617. The highest BCUT2D eigenvalue weighted by molar-refractivity contribution is 9.09. The second kappa shape index (κ2) is 7.75. The Morgan fingerprint density at radius 1 is 1.06 bits per heavy atom. The summed E-state index contributed by atoms with van der Waals surface area (Å²) in [7, 11) is 1.71. The molecule has 17 heavy (non-hydrogen) atoms. The third kappa shape index (κ3) is 4.34. The van der Waals surface area contributed by atoms with Crippen LogP contribution in [0.1, 0.15) is 49.9 Å². The molecule has 0 radical (unpaired) electrons. The maximum Gasteiger partial charge on any atom is 0.118 e. The van der Waals surface area contributed by atoms with Gasteiger partial charge in [0.1, 0.15) is 5.75 Å². The van der Waals surface area contributed by atoms with Crippen LogP contribution in [0.4, 0.5) is 0 Å². The fourth-order valence-corrected chi connectivity index (χ4v) is 3.07. The molecular formula is C15H23BrO. The summed E-state index contributed by atoms with van der Waals surface area (Å²) in [5.74, 6) is 1.66. The van der Waals surface area contributed by atoms with Gasteiger partial charge >= 0.3 is 0 Å². The van der Waals surface area contributed by atoms with Gasteiger partial charge in [-0.25, -0.2) is 0 Å². The Morgan fingerprint density at radius 2 is 1.59 bits per heavy atom. The second-order valence-electron chi connectivity index (χ2n) is 4.51. The average Bonchev–Trinajstić information content (AvgIpc) is 2.38. The minimum absolute atomic E-state index is 0.466. The van der Waals surface area contributed by atoms with Crippen LogP contribution >= 0.6 is 15.9 Å². The third-order valence-corrected chi connectivity index (χ3v) is 4.44. The van der Waals surface area contributed by atoms with Crippen molar-refractivity contribution in [2.24, 2.45) is 5.92 Å². The van der Waals surface area contributed by atoms with E-state index in [2.05, 4.69) is 41.9 Å². The summed E-state index contributed by atoms with van der Waals surface area (Å²) in [5, 5.41) is 0. The lowest BCUT2D eigenvalue weighted by atomic mass is 9.91. The summed E-state index contributed by atoms with van der Waals surface area (Å²) in [6.45, 7) is 4.52. The van der Waals surface area contributed by atoms with Gasteiger partial charge in [-0.1, -0.05) is 54.8 Å². The highest BCUT2D eigenvalue weighted by Crippen LogP contribution is 2.37. The molecule has 0 amide bonds. The Kier molecular flexibility index (Phi) is 6.64. The molecule has 1 unspecified atom stereocenters. The topological polar surface area (TPSA) is 9.23 Å². The van der Waals surface area contributed by atoms with Crippen molar-refractivity contribution < 1.29 is 4.74 Å². The minimum Gasteiger partial charge on any atom is -0.497 e. The highest BCUT2D eigenvalue weighted by atomic mass is 79.9. The Morgan fingerprint density at radius 3 is 2.00 bits per heavy atom. The normalized spacial score (nSPS) is 12.8. The summed E-state index contributed by atoms with van der Waals surface area (Å²) < 4.78 is 5.19. The zero-order chi connectivity index (χ0) is 12.7. The first-order valence-corrected chi connectivity index (χ1v) is 7.42. The Balaban J connectivity index is 2.73. The summed E-state index contributed by atoms with van der Waals surface area (Å²) in [4.78, 5) is 0.466. The summed E-state index contributed by atoms with van der Waals surface area (Å²) in [6.07, 6.45) is 5.08. The maximum atomic E-state index is 5.19. The van der Waals surface area contributed by atoms with Gasteiger partial charge < -0.3 is 4.74 Å². The number of methoxy groups -OCH3 is 1. The van der Waals surface area contributed by atoms with Crippen LogP contribution in [0.2, 0.25) is 0 Å². The van der Waals surface area contributed by atoms with Gasteiger partial charge in [0.15, 0.2) is 0 Å². The number of rotatable bonds is 7. The number of alkyl halides is 1. The van der Waals surface area contributed by atoms with E-state index in [0.29, 0.717) is 4.83 Å². The van der Waals surface area contributed by atoms with Gasteiger partial charge in [-0.15, -0.1) is 0 Å². The Labute approximate surface area is 114 Å². The fourth-order valence-electron chi connectivity index (χ4n) is 2.24. The molecule has 1 atom stereocenters. The molecule has 0 saturated heterocycles. The van der Waals surface area contributed by atoms with Crippen LogP contribution in [0.15, 0.2) is 24.3 Å². The predicted molar refractivity (Wildman–Crippen MR) is 78.0 cm³/mol. The molecule has 0 aliphatic carbocycles. The SMILES string of the molecule is CCCC(CCC)C(Br)c1ccc(OC)cc1. The molecule has 0 heterocycles. The van der Waals surface area contributed by atoms with Crippen LogP contribution in [-0.2, 0) is 0 Å². The van der Waals surface area contributed by atoms with Gasteiger partial charge in [0.05, 0.1) is 7.11 Å². The minimum atomic E-state index is 0.466. The van der Waals surface area contributed by atoms with Crippen LogP contribution in [0.25, 0.3) is 0 Å². The van der Waals surface area contributed by atoms with E-state index in [0.717, 1.165) is 11.7 Å². The smallest absolute Gasteiger partial charge is 0.118 e. The average molecular weight is 299 g/mol. The van der Waals surface area contributed by atoms with Crippen molar-refractivity contribution in [2.75, 3.05) is 7.11 Å². The van der Waals surface area contributed by atoms with Crippen molar-refractivity contribution in [3.63, 3.8) is 0 Å². The van der Waals surface area contributed by atoms with Crippen molar-refractivity contribution in [3.05, 3.63) is 29.8 Å². The molecule has 1 aromatic rings. The lowest BCUT2D eigenvalue weighted by Gasteiger charge is -2.22. The molecule has 0 saturated carbocycles. The molecule has 0 spiro atoms. The predicted octanol–water partition coefficient (Wildman–Crippen LogP) is 5.35. The zero-order valence-electron chi connectivity index (χ0n) is 11.1. The maximum absolute atomic E-state index is 5.19. The first-order chi connectivity index (χ1) is 8.22. The van der Waals surface area contributed by atoms with Gasteiger partial charge in [0.2, 0.25) is 0 Å². The molecule has 1 nitrogen and oxygen atoms in total. The molecule has 0 aliphatic rings. The molecule has 0 N–H and O–H groups in total. The van der Waals surface area contributed by atoms with Gasteiger partial charge in [0.25, 0.3) is 0 Å². The molecule has 0 aromatic heterocycles. The standard InChI is InChI=1S/C15H23BrO/c1-4-6-12(7-5-2)15(16)13-8-10-14(17-3)11-9-13/h8-12,15H,4-7H2,1-3H3. The van der Waals surface area contributed by atoms with Gasteiger partial charge in [0, 0.05) is 4.83 Å². The van der Waals surface area contributed by atoms with Gasteiger partial charge in [-0.05, 0) is 36.5 Å². The van der Waals surface area contributed by atoms with Crippen LogP contribution in [-0.4, -0.2) is 7.11 Å². The second-order valence-corrected chi connectivity index (χ2v) is 5.50. The van der Waals surface area contributed by atoms with E-state index in [-0.39, 0.29) is 0 Å². The largest absolute Gasteiger partial charge is 0.497 e. The molecule has 0 bridgehead atoms. The van der Waals surface area contributed by atoms with Crippen molar-refractivity contribution in [2.45, 2.75) is 44.4 Å². The summed E-state index contributed by atoms with van der Waals surface area (Å²) in [6, 6.07) is 8.41. The van der Waals surface area contributed by atoms with Crippen molar-refractivity contribution in [1.29, 1.82) is 0 Å². The van der Waals surface area contributed by atoms with Gasteiger partial charge in [-0.2, -0.15) is 0 Å². The first-order valence-electron chi connectivity index (χ1n) is 6.50. The number of hydrogen-bond donors (Lipinski definition) is 0. The molecule has 0 aliphatic heterocycles. The van der Waals surface area contributed by atoms with E-state index < -0.39 is 0 Å². The molecule has 1 rings (SSSR count). The monoisotopic (exact) mass is 298 g/mol. The van der Waals surface area contributed by atoms with Crippen molar-refractivity contribution in [1.82, 2.24) is 0 Å². The first kappa shape index (κ1) is 14.6. The third-order valence-electron chi connectivity index (χ3n) is 3.17. The Hall–Kier alpha value is -0.500. The van der Waals surface area contributed by atoms with E-state index in [1.54, 1.807) is 7.11 Å². The lowest BCUT2D eigenvalue weighted by Crippen LogP contribution is -2.07. The molecule has 2 heteroatoms. The van der Waals surface area contributed by atoms with Crippen LogP contribution in [0.3, 0.4) is 0 Å². The fraction of sp³-hybridized carbons (Fsp3) is 0.600. The van der Waals surface area contributed by atoms with E-state index in [1.165, 1.54) is 31.2 Å². The molecular weight excluding hydrogens is 276 g/mol. The summed E-state index contributed by atoms with van der Waals surface area (Å²) >= 11 is 3.86. The molecule has 1 aromatic carbocycles.